The fraction of sp³-hybridized carbons (Fsp3) is 0.321. The van der Waals surface area contributed by atoms with Crippen LogP contribution in [0, 0.1) is 0 Å². The summed E-state index contributed by atoms with van der Waals surface area (Å²) in [7, 11) is 3.22. The third kappa shape index (κ3) is 4.32. The molecule has 7 heteroatoms. The van der Waals surface area contributed by atoms with Gasteiger partial charge in [0.05, 0.1) is 20.8 Å². The number of nitrogens with zero attached hydrogens (tertiary/aromatic N) is 2. The van der Waals surface area contributed by atoms with Gasteiger partial charge in [0.2, 0.25) is 5.91 Å². The Morgan fingerprint density at radius 1 is 0.914 bits per heavy atom. The SMILES string of the molecule is CCN(CC)c1ccc(Cl)c(C2(C)C(=O)N(Cc3ccc(OC)cc3OC)c3ccc(Cl)cc32)c1. The van der Waals surface area contributed by atoms with Crippen molar-refractivity contribution >= 4 is 40.5 Å². The van der Waals surface area contributed by atoms with Crippen molar-refractivity contribution in [1.29, 1.82) is 0 Å². The lowest BCUT2D eigenvalue weighted by molar-refractivity contribution is -0.121. The van der Waals surface area contributed by atoms with E-state index in [0.717, 1.165) is 41.2 Å². The molecule has 4 rings (SSSR count). The molecule has 1 aliphatic heterocycles. The van der Waals surface area contributed by atoms with Crippen LogP contribution in [0.4, 0.5) is 11.4 Å². The first-order valence-electron chi connectivity index (χ1n) is 11.7. The van der Waals surface area contributed by atoms with E-state index in [0.29, 0.717) is 28.1 Å². The molecule has 1 heterocycles. The second-order valence-corrected chi connectivity index (χ2v) is 9.54. The number of hydrogen-bond donors (Lipinski definition) is 0. The van der Waals surface area contributed by atoms with Gasteiger partial charge in [0.1, 0.15) is 16.9 Å². The van der Waals surface area contributed by atoms with Gasteiger partial charge in [0.15, 0.2) is 0 Å². The van der Waals surface area contributed by atoms with E-state index < -0.39 is 5.41 Å². The van der Waals surface area contributed by atoms with Gasteiger partial charge in [-0.15, -0.1) is 0 Å². The summed E-state index contributed by atoms with van der Waals surface area (Å²) in [6.07, 6.45) is 0. The molecule has 35 heavy (non-hydrogen) atoms. The van der Waals surface area contributed by atoms with Crippen LogP contribution in [-0.2, 0) is 16.8 Å². The van der Waals surface area contributed by atoms with E-state index in [9.17, 15) is 4.79 Å². The number of carbonyl (C=O) groups is 1. The maximum atomic E-state index is 14.2. The topological polar surface area (TPSA) is 42.0 Å². The second-order valence-electron chi connectivity index (χ2n) is 8.69. The van der Waals surface area contributed by atoms with Crippen molar-refractivity contribution in [3.05, 3.63) is 81.3 Å². The highest BCUT2D eigenvalue weighted by Gasteiger charge is 2.50. The van der Waals surface area contributed by atoms with Gasteiger partial charge < -0.3 is 19.3 Å². The number of benzene rings is 3. The summed E-state index contributed by atoms with van der Waals surface area (Å²) in [4.78, 5) is 18.3. The van der Waals surface area contributed by atoms with Gasteiger partial charge >= 0.3 is 0 Å². The molecule has 0 spiro atoms. The average Bonchev–Trinajstić information content (AvgIpc) is 3.07. The Morgan fingerprint density at radius 3 is 2.31 bits per heavy atom. The molecule has 0 saturated heterocycles. The van der Waals surface area contributed by atoms with Crippen molar-refractivity contribution in [2.45, 2.75) is 32.7 Å². The van der Waals surface area contributed by atoms with Crippen molar-refractivity contribution in [3.8, 4) is 11.5 Å². The van der Waals surface area contributed by atoms with E-state index in [1.54, 1.807) is 19.1 Å². The first kappa shape index (κ1) is 25.2. The summed E-state index contributed by atoms with van der Waals surface area (Å²) in [5.74, 6) is 1.28. The number of rotatable bonds is 8. The lowest BCUT2D eigenvalue weighted by Crippen LogP contribution is -2.39. The molecule has 0 aliphatic carbocycles. The zero-order chi connectivity index (χ0) is 25.3. The van der Waals surface area contributed by atoms with Crippen molar-refractivity contribution < 1.29 is 14.3 Å². The largest absolute Gasteiger partial charge is 0.497 e. The fourth-order valence-electron chi connectivity index (χ4n) is 4.89. The highest BCUT2D eigenvalue weighted by molar-refractivity contribution is 6.33. The van der Waals surface area contributed by atoms with Gasteiger partial charge in [-0.1, -0.05) is 23.2 Å². The van der Waals surface area contributed by atoms with E-state index in [2.05, 4.69) is 18.7 Å². The Labute approximate surface area is 217 Å². The molecular weight excluding hydrogens is 483 g/mol. The predicted molar refractivity (Wildman–Crippen MR) is 144 cm³/mol. The van der Waals surface area contributed by atoms with Gasteiger partial charge in [-0.2, -0.15) is 0 Å². The van der Waals surface area contributed by atoms with E-state index in [1.165, 1.54) is 0 Å². The summed E-state index contributed by atoms with van der Waals surface area (Å²) >= 11 is 13.2. The number of ether oxygens (including phenoxy) is 2. The number of hydrogen-bond acceptors (Lipinski definition) is 4. The Kier molecular flexibility index (Phi) is 7.20. The van der Waals surface area contributed by atoms with Gasteiger partial charge in [0, 0.05) is 46.1 Å². The number of anilines is 2. The summed E-state index contributed by atoms with van der Waals surface area (Å²) in [5, 5.41) is 1.12. The summed E-state index contributed by atoms with van der Waals surface area (Å²) in [6, 6.07) is 17.1. The minimum Gasteiger partial charge on any atom is -0.497 e. The molecular formula is C28H30Cl2N2O3. The van der Waals surface area contributed by atoms with E-state index >= 15 is 0 Å². The molecule has 0 radical (unpaired) electrons. The van der Waals surface area contributed by atoms with Crippen molar-refractivity contribution in [2.24, 2.45) is 0 Å². The summed E-state index contributed by atoms with van der Waals surface area (Å²) in [6.45, 7) is 8.20. The molecule has 3 aromatic carbocycles. The smallest absolute Gasteiger partial charge is 0.242 e. The predicted octanol–water partition coefficient (Wildman–Crippen LogP) is 6.71. The zero-order valence-electron chi connectivity index (χ0n) is 20.7. The van der Waals surface area contributed by atoms with E-state index in [4.69, 9.17) is 32.7 Å². The van der Waals surface area contributed by atoms with Gasteiger partial charge in [-0.3, -0.25) is 4.79 Å². The number of halogens is 2. The molecule has 0 fully saturated rings. The molecule has 0 N–H and O–H groups in total. The first-order valence-corrected chi connectivity index (χ1v) is 12.4. The Balaban J connectivity index is 1.85. The molecule has 0 bridgehead atoms. The normalized spacial score (nSPS) is 16.9. The van der Waals surface area contributed by atoms with Crippen LogP contribution < -0.4 is 19.3 Å². The van der Waals surface area contributed by atoms with E-state index in [1.807, 2.05) is 61.5 Å². The van der Waals surface area contributed by atoms with Crippen LogP contribution >= 0.6 is 23.2 Å². The highest BCUT2D eigenvalue weighted by Crippen LogP contribution is 2.50. The van der Waals surface area contributed by atoms with Crippen LogP contribution in [-0.4, -0.2) is 33.2 Å². The van der Waals surface area contributed by atoms with Gasteiger partial charge in [-0.05, 0) is 80.4 Å². The maximum Gasteiger partial charge on any atom is 0.242 e. The monoisotopic (exact) mass is 512 g/mol. The molecule has 1 atom stereocenters. The minimum absolute atomic E-state index is 0.0637. The van der Waals surface area contributed by atoms with Crippen LogP contribution in [0.5, 0.6) is 11.5 Å². The van der Waals surface area contributed by atoms with Crippen LogP contribution in [0.2, 0.25) is 10.0 Å². The Morgan fingerprint density at radius 2 is 1.66 bits per heavy atom. The molecule has 1 amide bonds. The maximum absolute atomic E-state index is 14.2. The average molecular weight is 513 g/mol. The van der Waals surface area contributed by atoms with Crippen molar-refractivity contribution in [3.63, 3.8) is 0 Å². The molecule has 1 unspecified atom stereocenters. The Bertz CT molecular complexity index is 1260. The molecule has 184 valence electrons. The highest BCUT2D eigenvalue weighted by atomic mass is 35.5. The van der Waals surface area contributed by atoms with Crippen LogP contribution in [0.3, 0.4) is 0 Å². The molecule has 1 aliphatic rings. The fourth-order valence-corrected chi connectivity index (χ4v) is 5.37. The number of amides is 1. The van der Waals surface area contributed by atoms with Crippen molar-refractivity contribution in [2.75, 3.05) is 37.1 Å². The van der Waals surface area contributed by atoms with Gasteiger partial charge in [0.25, 0.3) is 0 Å². The number of fused-ring (bicyclic) bond motifs is 1. The molecule has 5 nitrogen and oxygen atoms in total. The standard InChI is InChI=1S/C28H30Cl2N2O3/c1-6-31(7-2)20-10-12-24(30)22(15-20)28(3)23-14-19(29)9-13-25(23)32(27(28)33)17-18-8-11-21(34-4)16-26(18)35-5/h8-16H,6-7,17H2,1-5H3. The van der Waals surface area contributed by atoms with Gasteiger partial charge in [-0.25, -0.2) is 0 Å². The van der Waals surface area contributed by atoms with Crippen LogP contribution in [0.1, 0.15) is 37.5 Å². The third-order valence-corrected chi connectivity index (χ3v) is 7.47. The quantitative estimate of drug-likeness (QED) is 0.336. The summed E-state index contributed by atoms with van der Waals surface area (Å²) < 4.78 is 10.9. The van der Waals surface area contributed by atoms with Crippen molar-refractivity contribution in [1.82, 2.24) is 0 Å². The minimum atomic E-state index is -1.000. The summed E-state index contributed by atoms with van der Waals surface area (Å²) in [5.41, 5.74) is 3.31. The molecule has 0 aromatic heterocycles. The lowest BCUT2D eigenvalue weighted by atomic mass is 9.77. The Hall–Kier alpha value is -2.89. The van der Waals surface area contributed by atoms with Crippen LogP contribution in [0.25, 0.3) is 0 Å². The third-order valence-electron chi connectivity index (χ3n) is 6.90. The van der Waals surface area contributed by atoms with Crippen LogP contribution in [0.15, 0.2) is 54.6 Å². The first-order chi connectivity index (χ1) is 16.8. The number of carbonyl (C=O) groups excluding carboxylic acids is 1. The van der Waals surface area contributed by atoms with E-state index in [-0.39, 0.29) is 5.91 Å². The number of methoxy groups -OCH3 is 2. The lowest BCUT2D eigenvalue weighted by Gasteiger charge is -2.29. The second kappa shape index (κ2) is 10.00. The zero-order valence-corrected chi connectivity index (χ0v) is 22.2. The molecule has 3 aromatic rings. The molecule has 0 saturated carbocycles.